The Morgan fingerprint density at radius 3 is 2.23 bits per heavy atom. The third-order valence-electron chi connectivity index (χ3n) is 4.39. The average Bonchev–Trinajstić information content (AvgIpc) is 2.76. The van der Waals surface area contributed by atoms with Crippen molar-refractivity contribution < 1.29 is 14.3 Å². The lowest BCUT2D eigenvalue weighted by molar-refractivity contribution is 0.187. The van der Waals surface area contributed by atoms with Crippen LogP contribution in [-0.4, -0.2) is 32.8 Å². The Labute approximate surface area is 202 Å². The van der Waals surface area contributed by atoms with E-state index in [0.717, 1.165) is 16.9 Å². The number of halogens is 1. The summed E-state index contributed by atoms with van der Waals surface area (Å²) in [6.07, 6.45) is -0.487. The van der Waals surface area contributed by atoms with Crippen molar-refractivity contribution in [3.63, 3.8) is 0 Å². The molecule has 0 spiro atoms. The van der Waals surface area contributed by atoms with Crippen LogP contribution in [0.25, 0.3) is 0 Å². The molecule has 0 radical (unpaired) electrons. The maximum atomic E-state index is 11.2. The van der Waals surface area contributed by atoms with Gasteiger partial charge in [-0.05, 0) is 48.2 Å². The third kappa shape index (κ3) is 9.46. The number of hydrogen-bond acceptors (Lipinski definition) is 4. The van der Waals surface area contributed by atoms with Gasteiger partial charge < -0.3 is 20.1 Å². The van der Waals surface area contributed by atoms with Crippen LogP contribution in [0.15, 0.2) is 53.5 Å². The molecule has 1 unspecified atom stereocenters. The lowest BCUT2D eigenvalue weighted by Crippen LogP contribution is -2.38. The van der Waals surface area contributed by atoms with E-state index in [0.29, 0.717) is 30.7 Å². The van der Waals surface area contributed by atoms with Gasteiger partial charge in [0.1, 0.15) is 5.75 Å². The number of aliphatic imine (C=N–C) groups is 1. The minimum Gasteiger partial charge on any atom is -0.493 e. The van der Waals surface area contributed by atoms with E-state index in [4.69, 9.17) is 4.74 Å². The zero-order valence-electron chi connectivity index (χ0n) is 18.8. The summed E-state index contributed by atoms with van der Waals surface area (Å²) in [5.41, 5.74) is 2.89. The van der Waals surface area contributed by atoms with Gasteiger partial charge in [-0.3, -0.25) is 10.3 Å². The predicted octanol–water partition coefficient (Wildman–Crippen LogP) is 4.94. The minimum atomic E-state index is -0.487. The second-order valence-corrected chi connectivity index (χ2v) is 7.38. The van der Waals surface area contributed by atoms with Crippen LogP contribution in [0.5, 0.6) is 5.75 Å². The van der Waals surface area contributed by atoms with E-state index in [-0.39, 0.29) is 30.0 Å². The highest BCUT2D eigenvalue weighted by Gasteiger charge is 2.09. The molecule has 0 aliphatic rings. The van der Waals surface area contributed by atoms with Gasteiger partial charge in [0.15, 0.2) is 5.96 Å². The van der Waals surface area contributed by atoms with Gasteiger partial charge in [-0.15, -0.1) is 24.0 Å². The normalized spacial score (nSPS) is 11.9. The number of carbonyl (C=O) groups excluding carboxylic acids is 1. The number of nitrogens with one attached hydrogen (secondary N) is 3. The molecule has 0 saturated heterocycles. The second-order valence-electron chi connectivity index (χ2n) is 7.38. The molecule has 0 aliphatic heterocycles. The second kappa shape index (κ2) is 13.7. The third-order valence-corrected chi connectivity index (χ3v) is 4.39. The molecule has 0 saturated carbocycles. The van der Waals surface area contributed by atoms with Gasteiger partial charge in [0.25, 0.3) is 0 Å². The molecule has 7 nitrogen and oxygen atoms in total. The molecule has 31 heavy (non-hydrogen) atoms. The van der Waals surface area contributed by atoms with Crippen molar-refractivity contribution in [2.75, 3.05) is 26.1 Å². The maximum Gasteiger partial charge on any atom is 0.411 e. The Kier molecular flexibility index (Phi) is 11.8. The van der Waals surface area contributed by atoms with Crippen LogP contribution in [0.3, 0.4) is 0 Å². The standard InChI is InChI=1S/C23H32N4O3.HI/c1-16(2)15-30-21-12-8-19(9-13-21)17(3)26-22(24-4)25-14-18-6-10-20(11-7-18)27-23(28)29-5;/h6-13,16-17H,14-15H2,1-5H3,(H,27,28)(H2,24,25,26);1H. The number of benzene rings is 2. The number of anilines is 1. The summed E-state index contributed by atoms with van der Waals surface area (Å²) in [7, 11) is 3.08. The van der Waals surface area contributed by atoms with E-state index < -0.39 is 6.09 Å². The van der Waals surface area contributed by atoms with E-state index in [2.05, 4.69) is 58.6 Å². The van der Waals surface area contributed by atoms with Crippen molar-refractivity contribution in [2.45, 2.75) is 33.4 Å². The molecule has 0 aromatic heterocycles. The fourth-order valence-electron chi connectivity index (χ4n) is 2.66. The lowest BCUT2D eigenvalue weighted by Gasteiger charge is -2.19. The lowest BCUT2D eigenvalue weighted by atomic mass is 10.1. The van der Waals surface area contributed by atoms with Crippen molar-refractivity contribution in [2.24, 2.45) is 10.9 Å². The molecule has 2 aromatic carbocycles. The molecule has 1 atom stereocenters. The first-order chi connectivity index (χ1) is 14.4. The Morgan fingerprint density at radius 1 is 1.03 bits per heavy atom. The van der Waals surface area contributed by atoms with Crippen LogP contribution in [0.1, 0.15) is 37.9 Å². The number of nitrogens with zero attached hydrogens (tertiary/aromatic N) is 1. The van der Waals surface area contributed by atoms with Crippen molar-refractivity contribution in [1.29, 1.82) is 0 Å². The molecule has 2 aromatic rings. The molecule has 170 valence electrons. The van der Waals surface area contributed by atoms with Gasteiger partial charge in [-0.25, -0.2) is 4.79 Å². The summed E-state index contributed by atoms with van der Waals surface area (Å²) in [6, 6.07) is 15.7. The molecular weight excluding hydrogens is 507 g/mol. The molecular formula is C23H33IN4O3. The van der Waals surface area contributed by atoms with Gasteiger partial charge in [0.2, 0.25) is 0 Å². The number of methoxy groups -OCH3 is 1. The summed E-state index contributed by atoms with van der Waals surface area (Å²) >= 11 is 0. The minimum absolute atomic E-state index is 0. The molecule has 0 aliphatic carbocycles. The number of carbonyl (C=O) groups is 1. The van der Waals surface area contributed by atoms with Crippen molar-refractivity contribution in [1.82, 2.24) is 10.6 Å². The van der Waals surface area contributed by atoms with Gasteiger partial charge in [-0.1, -0.05) is 38.1 Å². The quantitative estimate of drug-likeness (QED) is 0.251. The number of rotatable bonds is 8. The fourth-order valence-corrected chi connectivity index (χ4v) is 2.66. The first kappa shape index (κ1) is 26.5. The van der Waals surface area contributed by atoms with Crippen LogP contribution in [0.2, 0.25) is 0 Å². The molecule has 0 heterocycles. The topological polar surface area (TPSA) is 84.0 Å². The Balaban J connectivity index is 0.00000480. The fraction of sp³-hybridized carbons (Fsp3) is 0.391. The first-order valence-electron chi connectivity index (χ1n) is 10.0. The van der Waals surface area contributed by atoms with Crippen LogP contribution < -0.4 is 20.7 Å². The zero-order valence-corrected chi connectivity index (χ0v) is 21.1. The Morgan fingerprint density at radius 2 is 1.68 bits per heavy atom. The molecule has 1 amide bonds. The zero-order chi connectivity index (χ0) is 21.9. The largest absolute Gasteiger partial charge is 0.493 e. The van der Waals surface area contributed by atoms with Gasteiger partial charge in [0, 0.05) is 19.3 Å². The van der Waals surface area contributed by atoms with E-state index in [1.165, 1.54) is 7.11 Å². The molecule has 0 bridgehead atoms. The Hall–Kier alpha value is -2.49. The van der Waals surface area contributed by atoms with E-state index in [1.807, 2.05) is 36.4 Å². The number of amides is 1. The van der Waals surface area contributed by atoms with Crippen LogP contribution in [-0.2, 0) is 11.3 Å². The van der Waals surface area contributed by atoms with Gasteiger partial charge in [-0.2, -0.15) is 0 Å². The van der Waals surface area contributed by atoms with Gasteiger partial charge >= 0.3 is 6.09 Å². The Bertz CT molecular complexity index is 824. The molecule has 0 fully saturated rings. The molecule has 2 rings (SSSR count). The number of hydrogen-bond donors (Lipinski definition) is 3. The summed E-state index contributed by atoms with van der Waals surface area (Å²) in [4.78, 5) is 15.5. The van der Waals surface area contributed by atoms with Crippen LogP contribution in [0, 0.1) is 5.92 Å². The number of guanidine groups is 1. The average molecular weight is 540 g/mol. The number of ether oxygens (including phenoxy) is 2. The van der Waals surface area contributed by atoms with Crippen molar-refractivity contribution in [3.8, 4) is 5.75 Å². The summed E-state index contributed by atoms with van der Waals surface area (Å²) in [5.74, 6) is 2.09. The maximum absolute atomic E-state index is 11.2. The SMILES string of the molecule is CN=C(NCc1ccc(NC(=O)OC)cc1)NC(C)c1ccc(OCC(C)C)cc1.I. The summed E-state index contributed by atoms with van der Waals surface area (Å²) < 4.78 is 10.3. The highest BCUT2D eigenvalue weighted by atomic mass is 127. The van der Waals surface area contributed by atoms with Crippen LogP contribution in [0.4, 0.5) is 10.5 Å². The van der Waals surface area contributed by atoms with E-state index in [9.17, 15) is 4.79 Å². The van der Waals surface area contributed by atoms with E-state index >= 15 is 0 Å². The molecule has 8 heteroatoms. The predicted molar refractivity (Wildman–Crippen MR) is 136 cm³/mol. The highest BCUT2D eigenvalue weighted by molar-refractivity contribution is 14.0. The summed E-state index contributed by atoms with van der Waals surface area (Å²) in [6.45, 7) is 7.67. The van der Waals surface area contributed by atoms with Crippen LogP contribution >= 0.6 is 24.0 Å². The van der Waals surface area contributed by atoms with Gasteiger partial charge in [0.05, 0.1) is 19.8 Å². The van der Waals surface area contributed by atoms with Crippen molar-refractivity contribution >= 4 is 41.7 Å². The first-order valence-corrected chi connectivity index (χ1v) is 10.0. The highest BCUT2D eigenvalue weighted by Crippen LogP contribution is 2.18. The summed E-state index contributed by atoms with van der Waals surface area (Å²) in [5, 5.41) is 9.33. The van der Waals surface area contributed by atoms with Crippen molar-refractivity contribution in [3.05, 3.63) is 59.7 Å². The molecule has 3 N–H and O–H groups in total. The smallest absolute Gasteiger partial charge is 0.411 e. The monoisotopic (exact) mass is 540 g/mol. The van der Waals surface area contributed by atoms with E-state index in [1.54, 1.807) is 7.05 Å².